The summed E-state index contributed by atoms with van der Waals surface area (Å²) in [5, 5.41) is 0.631. The highest BCUT2D eigenvalue weighted by molar-refractivity contribution is 6.30. The van der Waals surface area contributed by atoms with Crippen LogP contribution in [-0.4, -0.2) is 32.1 Å². The molecular formula is C12H19ClN2O. The molecule has 0 fully saturated rings. The van der Waals surface area contributed by atoms with Gasteiger partial charge in [-0.05, 0) is 32.3 Å². The summed E-state index contributed by atoms with van der Waals surface area (Å²) >= 11 is 5.81. The molecule has 1 unspecified atom stereocenters. The summed E-state index contributed by atoms with van der Waals surface area (Å²) in [5.41, 5.74) is 6.38. The van der Waals surface area contributed by atoms with E-state index < -0.39 is 0 Å². The molecule has 0 aromatic heterocycles. The smallest absolute Gasteiger partial charge is 0.142 e. The fraction of sp³-hybridized carbons (Fsp3) is 0.500. The van der Waals surface area contributed by atoms with Crippen LogP contribution in [0.15, 0.2) is 18.2 Å². The van der Waals surface area contributed by atoms with Gasteiger partial charge in [-0.1, -0.05) is 18.5 Å². The second kappa shape index (κ2) is 5.97. The lowest BCUT2D eigenvalue weighted by Crippen LogP contribution is -2.24. The number of benzene rings is 1. The third kappa shape index (κ3) is 4.29. The predicted molar refractivity (Wildman–Crippen MR) is 69.1 cm³/mol. The summed E-state index contributed by atoms with van der Waals surface area (Å²) < 4.78 is 5.64. The second-order valence-electron chi connectivity index (χ2n) is 4.36. The van der Waals surface area contributed by atoms with Crippen LogP contribution >= 0.6 is 11.6 Å². The molecule has 1 atom stereocenters. The Kier molecular flexibility index (Phi) is 4.90. The summed E-state index contributed by atoms with van der Waals surface area (Å²) in [6, 6.07) is 5.29. The van der Waals surface area contributed by atoms with E-state index in [1.807, 2.05) is 14.1 Å². The molecule has 0 saturated carbocycles. The number of rotatable bonds is 5. The Morgan fingerprint density at radius 1 is 1.44 bits per heavy atom. The number of hydrogen-bond donors (Lipinski definition) is 1. The van der Waals surface area contributed by atoms with E-state index in [9.17, 15) is 0 Å². The van der Waals surface area contributed by atoms with Gasteiger partial charge in [-0.2, -0.15) is 0 Å². The summed E-state index contributed by atoms with van der Waals surface area (Å²) in [6.45, 7) is 3.80. The average Bonchev–Trinajstić information content (AvgIpc) is 2.15. The van der Waals surface area contributed by atoms with Crippen molar-refractivity contribution in [2.24, 2.45) is 5.92 Å². The lowest BCUT2D eigenvalue weighted by atomic mass is 10.2. The van der Waals surface area contributed by atoms with Gasteiger partial charge in [0.05, 0.1) is 12.3 Å². The third-order valence-electron chi connectivity index (χ3n) is 2.17. The summed E-state index contributed by atoms with van der Waals surface area (Å²) in [4.78, 5) is 2.14. The van der Waals surface area contributed by atoms with Gasteiger partial charge in [0.2, 0.25) is 0 Å². The van der Waals surface area contributed by atoms with E-state index in [4.69, 9.17) is 22.1 Å². The van der Waals surface area contributed by atoms with Crippen molar-refractivity contribution in [1.29, 1.82) is 0 Å². The van der Waals surface area contributed by atoms with E-state index in [0.29, 0.717) is 29.0 Å². The Bertz CT molecular complexity index is 342. The van der Waals surface area contributed by atoms with Gasteiger partial charge in [-0.25, -0.2) is 0 Å². The van der Waals surface area contributed by atoms with E-state index in [0.717, 1.165) is 6.54 Å². The normalized spacial score (nSPS) is 12.8. The van der Waals surface area contributed by atoms with Crippen molar-refractivity contribution >= 4 is 17.3 Å². The van der Waals surface area contributed by atoms with E-state index >= 15 is 0 Å². The molecule has 0 spiro atoms. The van der Waals surface area contributed by atoms with Crippen LogP contribution < -0.4 is 10.5 Å². The van der Waals surface area contributed by atoms with Gasteiger partial charge in [0.1, 0.15) is 5.75 Å². The highest BCUT2D eigenvalue weighted by Gasteiger charge is 2.06. The first-order valence-electron chi connectivity index (χ1n) is 5.31. The molecule has 1 rings (SSSR count). The Hall–Kier alpha value is -0.930. The Balaban J connectivity index is 2.48. The minimum atomic E-state index is 0.463. The van der Waals surface area contributed by atoms with Gasteiger partial charge >= 0.3 is 0 Å². The average molecular weight is 243 g/mol. The van der Waals surface area contributed by atoms with Crippen molar-refractivity contribution in [2.75, 3.05) is 33.0 Å². The van der Waals surface area contributed by atoms with E-state index in [1.165, 1.54) is 0 Å². The Morgan fingerprint density at radius 3 is 2.69 bits per heavy atom. The molecule has 3 nitrogen and oxygen atoms in total. The van der Waals surface area contributed by atoms with Crippen molar-refractivity contribution < 1.29 is 4.74 Å². The molecule has 4 heteroatoms. The summed E-state index contributed by atoms with van der Waals surface area (Å²) in [5.74, 6) is 1.17. The van der Waals surface area contributed by atoms with Gasteiger partial charge in [-0.3, -0.25) is 0 Å². The third-order valence-corrected chi connectivity index (χ3v) is 2.41. The highest BCUT2D eigenvalue weighted by Crippen LogP contribution is 2.25. The molecule has 0 aliphatic rings. The molecule has 0 radical (unpaired) electrons. The summed E-state index contributed by atoms with van der Waals surface area (Å²) in [6.07, 6.45) is 0. The van der Waals surface area contributed by atoms with Crippen LogP contribution in [0.3, 0.4) is 0 Å². The zero-order valence-electron chi connectivity index (χ0n) is 10.0. The fourth-order valence-corrected chi connectivity index (χ4v) is 1.74. The van der Waals surface area contributed by atoms with Gasteiger partial charge in [0.15, 0.2) is 0 Å². The maximum absolute atomic E-state index is 5.81. The topological polar surface area (TPSA) is 38.5 Å². The quantitative estimate of drug-likeness (QED) is 0.807. The SMILES string of the molecule is CC(COc1ccc(Cl)cc1N)CN(C)C. The van der Waals surface area contributed by atoms with Crippen LogP contribution in [0.4, 0.5) is 5.69 Å². The molecule has 0 bridgehead atoms. The largest absolute Gasteiger partial charge is 0.491 e. The van der Waals surface area contributed by atoms with Crippen molar-refractivity contribution in [3.63, 3.8) is 0 Å². The first-order chi connectivity index (χ1) is 7.49. The molecule has 90 valence electrons. The van der Waals surface area contributed by atoms with E-state index in [-0.39, 0.29) is 0 Å². The molecule has 0 saturated heterocycles. The number of halogens is 1. The van der Waals surface area contributed by atoms with Gasteiger partial charge in [0, 0.05) is 17.5 Å². The lowest BCUT2D eigenvalue weighted by Gasteiger charge is -2.18. The van der Waals surface area contributed by atoms with Crippen LogP contribution in [-0.2, 0) is 0 Å². The monoisotopic (exact) mass is 242 g/mol. The van der Waals surface area contributed by atoms with E-state index in [1.54, 1.807) is 18.2 Å². The number of hydrogen-bond acceptors (Lipinski definition) is 3. The van der Waals surface area contributed by atoms with Crippen LogP contribution in [0.1, 0.15) is 6.92 Å². The molecule has 0 aliphatic heterocycles. The molecule has 0 heterocycles. The van der Waals surface area contributed by atoms with Crippen molar-refractivity contribution in [3.8, 4) is 5.75 Å². The molecular weight excluding hydrogens is 224 g/mol. The number of anilines is 1. The van der Waals surface area contributed by atoms with Crippen molar-refractivity contribution in [3.05, 3.63) is 23.2 Å². The van der Waals surface area contributed by atoms with Crippen LogP contribution in [0.5, 0.6) is 5.75 Å². The van der Waals surface area contributed by atoms with E-state index in [2.05, 4.69) is 11.8 Å². The van der Waals surface area contributed by atoms with Gasteiger partial charge in [0.25, 0.3) is 0 Å². The van der Waals surface area contributed by atoms with Crippen LogP contribution in [0.2, 0.25) is 5.02 Å². The summed E-state index contributed by atoms with van der Waals surface area (Å²) in [7, 11) is 4.10. The zero-order chi connectivity index (χ0) is 12.1. The maximum Gasteiger partial charge on any atom is 0.142 e. The first-order valence-corrected chi connectivity index (χ1v) is 5.69. The van der Waals surface area contributed by atoms with Crippen LogP contribution in [0, 0.1) is 5.92 Å². The maximum atomic E-state index is 5.81. The first kappa shape index (κ1) is 13.1. The Morgan fingerprint density at radius 2 is 2.12 bits per heavy atom. The number of ether oxygens (including phenoxy) is 1. The molecule has 0 amide bonds. The number of nitrogen functional groups attached to an aromatic ring is 1. The highest BCUT2D eigenvalue weighted by atomic mass is 35.5. The van der Waals surface area contributed by atoms with Gasteiger partial charge < -0.3 is 15.4 Å². The zero-order valence-corrected chi connectivity index (χ0v) is 10.8. The Labute approximate surface area is 102 Å². The minimum Gasteiger partial charge on any atom is -0.491 e. The second-order valence-corrected chi connectivity index (χ2v) is 4.80. The predicted octanol–water partition coefficient (Wildman–Crippen LogP) is 2.50. The van der Waals surface area contributed by atoms with Crippen molar-refractivity contribution in [2.45, 2.75) is 6.92 Å². The lowest BCUT2D eigenvalue weighted by molar-refractivity contribution is 0.223. The number of nitrogens with zero attached hydrogens (tertiary/aromatic N) is 1. The van der Waals surface area contributed by atoms with Gasteiger partial charge in [-0.15, -0.1) is 0 Å². The molecule has 0 aliphatic carbocycles. The van der Waals surface area contributed by atoms with Crippen molar-refractivity contribution in [1.82, 2.24) is 4.90 Å². The minimum absolute atomic E-state index is 0.463. The fourth-order valence-electron chi connectivity index (χ4n) is 1.56. The molecule has 2 N–H and O–H groups in total. The number of nitrogens with two attached hydrogens (primary N) is 1. The molecule has 1 aromatic carbocycles. The standard InChI is InChI=1S/C12H19ClN2O/c1-9(7-15(2)3)8-16-12-5-4-10(13)6-11(12)14/h4-6,9H,7-8,14H2,1-3H3. The molecule has 16 heavy (non-hydrogen) atoms. The van der Waals surface area contributed by atoms with Crippen LogP contribution in [0.25, 0.3) is 0 Å². The molecule has 1 aromatic rings.